The Morgan fingerprint density at radius 3 is 2.88 bits per heavy atom. The number of ether oxygens (including phenoxy) is 1. The number of benzene rings is 1. The molecule has 0 aliphatic heterocycles. The standard InChI is InChI=1S/C11H8BrClO3/c1-16-10(15)11(13)5-6-4-7(12)2-3-8(6)9(11)14/h2-4H,5H2,1H3. The van der Waals surface area contributed by atoms with Crippen molar-refractivity contribution in [1.82, 2.24) is 0 Å². The number of ketones is 1. The van der Waals surface area contributed by atoms with Crippen molar-refractivity contribution >= 4 is 39.3 Å². The summed E-state index contributed by atoms with van der Waals surface area (Å²) in [4.78, 5) is 21.9. The van der Waals surface area contributed by atoms with Gasteiger partial charge in [-0.3, -0.25) is 4.79 Å². The zero-order valence-corrected chi connectivity index (χ0v) is 10.8. The molecular weight excluding hydrogens is 295 g/mol. The number of halogens is 2. The predicted octanol–water partition coefficient (Wildman–Crippen LogP) is 2.34. The van der Waals surface area contributed by atoms with Crippen LogP contribution in [-0.2, 0) is 16.0 Å². The molecule has 1 atom stereocenters. The van der Waals surface area contributed by atoms with E-state index in [0.29, 0.717) is 5.56 Å². The minimum atomic E-state index is -1.59. The first kappa shape index (κ1) is 11.6. The number of carbonyl (C=O) groups excluding carboxylic acids is 2. The molecule has 1 aliphatic carbocycles. The Hall–Kier alpha value is -0.870. The molecule has 2 rings (SSSR count). The molecule has 0 bridgehead atoms. The number of carbonyl (C=O) groups is 2. The zero-order valence-electron chi connectivity index (χ0n) is 8.42. The summed E-state index contributed by atoms with van der Waals surface area (Å²) in [5.74, 6) is -1.09. The SMILES string of the molecule is COC(=O)C1(Cl)Cc2cc(Br)ccc2C1=O. The van der Waals surface area contributed by atoms with Crippen LogP contribution in [0.25, 0.3) is 0 Å². The maximum Gasteiger partial charge on any atom is 0.335 e. The van der Waals surface area contributed by atoms with Gasteiger partial charge in [-0.05, 0) is 23.8 Å². The smallest absolute Gasteiger partial charge is 0.335 e. The fraction of sp³-hybridized carbons (Fsp3) is 0.273. The molecule has 1 unspecified atom stereocenters. The second-order valence-corrected chi connectivity index (χ2v) is 5.16. The van der Waals surface area contributed by atoms with Crippen LogP contribution in [0.4, 0.5) is 0 Å². The summed E-state index contributed by atoms with van der Waals surface area (Å²) in [6, 6.07) is 5.20. The van der Waals surface area contributed by atoms with E-state index in [1.807, 2.05) is 0 Å². The van der Waals surface area contributed by atoms with Crippen molar-refractivity contribution in [3.63, 3.8) is 0 Å². The van der Waals surface area contributed by atoms with Gasteiger partial charge in [-0.25, -0.2) is 4.79 Å². The molecule has 0 saturated heterocycles. The van der Waals surface area contributed by atoms with Crippen molar-refractivity contribution in [2.24, 2.45) is 0 Å². The number of rotatable bonds is 1. The first-order valence-electron chi connectivity index (χ1n) is 4.59. The highest BCUT2D eigenvalue weighted by Crippen LogP contribution is 2.37. The van der Waals surface area contributed by atoms with Gasteiger partial charge in [0.2, 0.25) is 4.87 Å². The maximum atomic E-state index is 12.0. The maximum absolute atomic E-state index is 12.0. The predicted molar refractivity (Wildman–Crippen MR) is 62.8 cm³/mol. The van der Waals surface area contributed by atoms with Gasteiger partial charge in [0.15, 0.2) is 5.78 Å². The summed E-state index contributed by atoms with van der Waals surface area (Å²) in [6.45, 7) is 0. The molecule has 84 valence electrons. The van der Waals surface area contributed by atoms with Crippen LogP contribution in [0.1, 0.15) is 15.9 Å². The normalized spacial score (nSPS) is 23.1. The van der Waals surface area contributed by atoms with E-state index in [0.717, 1.165) is 10.0 Å². The Labute approximate surface area is 106 Å². The van der Waals surface area contributed by atoms with Crippen LogP contribution >= 0.6 is 27.5 Å². The lowest BCUT2D eigenvalue weighted by Crippen LogP contribution is -2.39. The molecular formula is C11H8BrClO3. The van der Waals surface area contributed by atoms with E-state index in [9.17, 15) is 9.59 Å². The van der Waals surface area contributed by atoms with Gasteiger partial charge in [0.05, 0.1) is 7.11 Å². The van der Waals surface area contributed by atoms with Crippen LogP contribution in [0.3, 0.4) is 0 Å². The largest absolute Gasteiger partial charge is 0.467 e. The van der Waals surface area contributed by atoms with Crippen molar-refractivity contribution < 1.29 is 14.3 Å². The van der Waals surface area contributed by atoms with Gasteiger partial charge in [0.1, 0.15) is 0 Å². The third kappa shape index (κ3) is 1.57. The molecule has 1 aliphatic rings. The molecule has 0 aromatic heterocycles. The minimum Gasteiger partial charge on any atom is -0.467 e. The summed E-state index contributed by atoms with van der Waals surface area (Å²) in [7, 11) is 1.22. The topological polar surface area (TPSA) is 43.4 Å². The van der Waals surface area contributed by atoms with Crippen molar-refractivity contribution in [3.8, 4) is 0 Å². The average Bonchev–Trinajstić information content (AvgIpc) is 2.51. The minimum absolute atomic E-state index is 0.175. The fourth-order valence-electron chi connectivity index (χ4n) is 1.81. The molecule has 0 fully saturated rings. The molecule has 0 radical (unpaired) electrons. The number of hydrogen-bond acceptors (Lipinski definition) is 3. The van der Waals surface area contributed by atoms with E-state index < -0.39 is 10.8 Å². The Balaban J connectivity index is 2.48. The lowest BCUT2D eigenvalue weighted by molar-refractivity contribution is -0.142. The second kappa shape index (κ2) is 3.86. The average molecular weight is 304 g/mol. The van der Waals surface area contributed by atoms with E-state index in [1.54, 1.807) is 18.2 Å². The van der Waals surface area contributed by atoms with Crippen molar-refractivity contribution in [3.05, 3.63) is 33.8 Å². The van der Waals surface area contributed by atoms with Gasteiger partial charge in [-0.15, -0.1) is 0 Å². The van der Waals surface area contributed by atoms with E-state index >= 15 is 0 Å². The third-order valence-electron chi connectivity index (χ3n) is 2.61. The Kier molecular flexibility index (Phi) is 2.80. The Morgan fingerprint density at radius 2 is 2.25 bits per heavy atom. The highest BCUT2D eigenvalue weighted by molar-refractivity contribution is 9.10. The number of Topliss-reactive ketones (excluding diaryl/α,β-unsaturated/α-hetero) is 1. The van der Waals surface area contributed by atoms with Crippen molar-refractivity contribution in [2.45, 2.75) is 11.3 Å². The molecule has 16 heavy (non-hydrogen) atoms. The Morgan fingerprint density at radius 1 is 1.56 bits per heavy atom. The van der Waals surface area contributed by atoms with Gasteiger partial charge in [-0.2, -0.15) is 0 Å². The number of fused-ring (bicyclic) bond motifs is 1. The van der Waals surface area contributed by atoms with Crippen LogP contribution in [0.2, 0.25) is 0 Å². The highest BCUT2D eigenvalue weighted by atomic mass is 79.9. The van der Waals surface area contributed by atoms with Gasteiger partial charge in [0, 0.05) is 16.5 Å². The van der Waals surface area contributed by atoms with Crippen LogP contribution < -0.4 is 0 Å². The Bertz CT molecular complexity index is 486. The van der Waals surface area contributed by atoms with E-state index in [1.165, 1.54) is 7.11 Å². The molecule has 0 saturated carbocycles. The third-order valence-corrected chi connectivity index (χ3v) is 3.57. The van der Waals surface area contributed by atoms with Gasteiger partial charge < -0.3 is 4.74 Å². The molecule has 0 heterocycles. The van der Waals surface area contributed by atoms with E-state index in [-0.39, 0.29) is 12.2 Å². The van der Waals surface area contributed by atoms with Crippen molar-refractivity contribution in [2.75, 3.05) is 7.11 Å². The quantitative estimate of drug-likeness (QED) is 0.454. The lowest BCUT2D eigenvalue weighted by atomic mass is 10.0. The van der Waals surface area contributed by atoms with Gasteiger partial charge in [-0.1, -0.05) is 27.5 Å². The molecule has 0 N–H and O–H groups in total. The summed E-state index contributed by atoms with van der Waals surface area (Å²) in [6.07, 6.45) is 0.175. The van der Waals surface area contributed by atoms with Crippen LogP contribution in [0.5, 0.6) is 0 Å². The lowest BCUT2D eigenvalue weighted by Gasteiger charge is -2.15. The summed E-state index contributed by atoms with van der Waals surface area (Å²) < 4.78 is 5.42. The summed E-state index contributed by atoms with van der Waals surface area (Å²) in [5, 5.41) is 0. The monoisotopic (exact) mass is 302 g/mol. The molecule has 5 heteroatoms. The number of alkyl halides is 1. The van der Waals surface area contributed by atoms with Gasteiger partial charge >= 0.3 is 5.97 Å². The summed E-state index contributed by atoms with van der Waals surface area (Å²) >= 11 is 9.36. The number of methoxy groups -OCH3 is 1. The molecule has 0 spiro atoms. The molecule has 3 nitrogen and oxygen atoms in total. The van der Waals surface area contributed by atoms with Gasteiger partial charge in [0.25, 0.3) is 0 Å². The molecule has 1 aromatic rings. The number of hydrogen-bond donors (Lipinski definition) is 0. The van der Waals surface area contributed by atoms with Crippen LogP contribution in [0, 0.1) is 0 Å². The van der Waals surface area contributed by atoms with Crippen LogP contribution in [0.15, 0.2) is 22.7 Å². The first-order valence-corrected chi connectivity index (χ1v) is 5.76. The highest BCUT2D eigenvalue weighted by Gasteiger charge is 2.51. The summed E-state index contributed by atoms with van der Waals surface area (Å²) in [5.41, 5.74) is 1.25. The van der Waals surface area contributed by atoms with E-state index in [2.05, 4.69) is 20.7 Å². The first-order chi connectivity index (χ1) is 7.49. The van der Waals surface area contributed by atoms with Crippen molar-refractivity contribution in [1.29, 1.82) is 0 Å². The fourth-order valence-corrected chi connectivity index (χ4v) is 2.54. The second-order valence-electron chi connectivity index (χ2n) is 3.60. The number of esters is 1. The zero-order chi connectivity index (χ0) is 11.9. The van der Waals surface area contributed by atoms with E-state index in [4.69, 9.17) is 11.6 Å². The molecule has 1 aromatic carbocycles. The van der Waals surface area contributed by atoms with Crippen LogP contribution in [-0.4, -0.2) is 23.7 Å². The molecule has 0 amide bonds.